The van der Waals surface area contributed by atoms with Gasteiger partial charge in [-0.25, -0.2) is 4.39 Å². The summed E-state index contributed by atoms with van der Waals surface area (Å²) in [5.74, 6) is 0.408. The van der Waals surface area contributed by atoms with Crippen molar-refractivity contribution >= 4 is 29.9 Å². The molecule has 7 heteroatoms. The number of aromatic hydroxyl groups is 1. The Morgan fingerprint density at radius 3 is 2.38 bits per heavy atom. The van der Waals surface area contributed by atoms with Gasteiger partial charge >= 0.3 is 0 Å². The van der Waals surface area contributed by atoms with E-state index in [9.17, 15) is 9.50 Å². The molecule has 5 nitrogen and oxygen atoms in total. The number of methoxy groups -OCH3 is 1. The molecule has 0 unspecified atom stereocenters. The van der Waals surface area contributed by atoms with Crippen LogP contribution in [0.25, 0.3) is 0 Å². The predicted molar refractivity (Wildman–Crippen MR) is 104 cm³/mol. The minimum Gasteiger partial charge on any atom is -0.505 e. The predicted octanol–water partition coefficient (Wildman–Crippen LogP) is 3.02. The number of aliphatic imine (C=N–C) groups is 1. The third kappa shape index (κ3) is 5.88. The minimum atomic E-state index is -0.636. The van der Waals surface area contributed by atoms with E-state index in [0.717, 1.165) is 11.3 Å². The van der Waals surface area contributed by atoms with Crippen molar-refractivity contribution in [1.29, 1.82) is 0 Å². The van der Waals surface area contributed by atoms with Crippen LogP contribution in [-0.4, -0.2) is 25.2 Å². The third-order valence-corrected chi connectivity index (χ3v) is 3.29. The van der Waals surface area contributed by atoms with Crippen molar-refractivity contribution in [2.75, 3.05) is 14.2 Å². The first-order valence-corrected chi connectivity index (χ1v) is 7.17. The number of hydrogen-bond donors (Lipinski definition) is 3. The average molecular weight is 445 g/mol. The number of hydrogen-bond acceptors (Lipinski definition) is 3. The lowest BCUT2D eigenvalue weighted by Crippen LogP contribution is -2.36. The van der Waals surface area contributed by atoms with Crippen molar-refractivity contribution in [3.8, 4) is 11.5 Å². The first kappa shape index (κ1) is 20.0. The van der Waals surface area contributed by atoms with Gasteiger partial charge in [0.2, 0.25) is 0 Å². The molecule has 0 atom stereocenters. The zero-order valence-electron chi connectivity index (χ0n) is 13.5. The van der Waals surface area contributed by atoms with Crippen molar-refractivity contribution in [2.24, 2.45) is 4.99 Å². The maximum atomic E-state index is 13.3. The average Bonchev–Trinajstić information content (AvgIpc) is 2.58. The zero-order chi connectivity index (χ0) is 16.7. The number of guanidine groups is 1. The third-order valence-electron chi connectivity index (χ3n) is 3.29. The first-order valence-electron chi connectivity index (χ1n) is 7.17. The molecule has 0 radical (unpaired) electrons. The smallest absolute Gasteiger partial charge is 0.191 e. The van der Waals surface area contributed by atoms with E-state index in [-0.39, 0.29) is 29.7 Å². The van der Waals surface area contributed by atoms with Crippen LogP contribution in [0.4, 0.5) is 4.39 Å². The Morgan fingerprint density at radius 2 is 1.79 bits per heavy atom. The summed E-state index contributed by atoms with van der Waals surface area (Å²) < 4.78 is 18.5. The molecule has 0 saturated carbocycles. The van der Waals surface area contributed by atoms with E-state index in [2.05, 4.69) is 15.6 Å². The molecule has 2 aromatic carbocycles. The van der Waals surface area contributed by atoms with Crippen LogP contribution in [0.15, 0.2) is 47.5 Å². The molecular formula is C17H21FIN3O2. The Balaban J connectivity index is 0.00000288. The van der Waals surface area contributed by atoms with Crippen LogP contribution in [0.2, 0.25) is 0 Å². The van der Waals surface area contributed by atoms with Gasteiger partial charge in [-0.1, -0.05) is 18.2 Å². The number of nitrogens with zero attached hydrogens (tertiary/aromatic N) is 1. The Bertz CT molecular complexity index is 695. The topological polar surface area (TPSA) is 65.9 Å². The molecule has 3 N–H and O–H groups in total. The Kier molecular flexibility index (Phi) is 8.31. The summed E-state index contributed by atoms with van der Waals surface area (Å²) in [5, 5.41) is 15.4. The first-order chi connectivity index (χ1) is 11.1. The number of rotatable bonds is 5. The molecule has 0 aliphatic carbocycles. The van der Waals surface area contributed by atoms with Gasteiger partial charge in [0.05, 0.1) is 7.11 Å². The van der Waals surface area contributed by atoms with E-state index in [0.29, 0.717) is 24.6 Å². The largest absolute Gasteiger partial charge is 0.505 e. The van der Waals surface area contributed by atoms with Crippen molar-refractivity contribution in [3.63, 3.8) is 0 Å². The molecule has 0 aliphatic heterocycles. The summed E-state index contributed by atoms with van der Waals surface area (Å²) in [7, 11) is 3.29. The maximum absolute atomic E-state index is 13.3. The van der Waals surface area contributed by atoms with Crippen LogP contribution in [0.5, 0.6) is 11.5 Å². The molecule has 130 valence electrons. The van der Waals surface area contributed by atoms with E-state index in [1.165, 1.54) is 12.1 Å². The number of phenols is 1. The van der Waals surface area contributed by atoms with Gasteiger partial charge in [-0.2, -0.15) is 0 Å². The molecule has 0 amide bonds. The summed E-state index contributed by atoms with van der Waals surface area (Å²) in [6, 6.07) is 12.0. The SMILES string of the molecule is CN=C(NCc1cccc(OC)c1)NCc1ccc(O)c(F)c1.I. The summed E-state index contributed by atoms with van der Waals surface area (Å²) in [6.45, 7) is 0.982. The molecular weight excluding hydrogens is 424 g/mol. The van der Waals surface area contributed by atoms with E-state index in [1.54, 1.807) is 20.2 Å². The molecule has 0 heterocycles. The maximum Gasteiger partial charge on any atom is 0.191 e. The summed E-state index contributed by atoms with van der Waals surface area (Å²) in [4.78, 5) is 4.12. The van der Waals surface area contributed by atoms with E-state index < -0.39 is 5.82 Å². The molecule has 2 rings (SSSR count). The fourth-order valence-electron chi connectivity index (χ4n) is 2.03. The normalized spacial score (nSPS) is 10.7. The van der Waals surface area contributed by atoms with Crippen molar-refractivity contribution in [2.45, 2.75) is 13.1 Å². The minimum absolute atomic E-state index is 0. The Hall–Kier alpha value is -2.03. The highest BCUT2D eigenvalue weighted by Crippen LogP contribution is 2.16. The lowest BCUT2D eigenvalue weighted by molar-refractivity contribution is 0.414. The summed E-state index contributed by atoms with van der Waals surface area (Å²) >= 11 is 0. The standard InChI is InChI=1S/C17H20FN3O2.HI/c1-19-17(20-10-12-4-3-5-14(8-12)23-2)21-11-13-6-7-16(22)15(18)9-13;/h3-9,22H,10-11H2,1-2H3,(H2,19,20,21);1H. The summed E-state index contributed by atoms with van der Waals surface area (Å²) in [5.41, 5.74) is 1.77. The number of halogens is 2. The lowest BCUT2D eigenvalue weighted by Gasteiger charge is -2.12. The van der Waals surface area contributed by atoms with E-state index in [1.807, 2.05) is 24.3 Å². The molecule has 0 saturated heterocycles. The highest BCUT2D eigenvalue weighted by Gasteiger charge is 2.03. The second-order valence-electron chi connectivity index (χ2n) is 4.92. The highest BCUT2D eigenvalue weighted by atomic mass is 127. The summed E-state index contributed by atoms with van der Waals surface area (Å²) in [6.07, 6.45) is 0. The fourth-order valence-corrected chi connectivity index (χ4v) is 2.03. The Labute approximate surface area is 158 Å². The van der Waals surface area contributed by atoms with Crippen molar-refractivity contribution in [3.05, 3.63) is 59.4 Å². The van der Waals surface area contributed by atoms with E-state index in [4.69, 9.17) is 4.74 Å². The van der Waals surface area contributed by atoms with Crippen LogP contribution >= 0.6 is 24.0 Å². The quantitative estimate of drug-likeness (QED) is 0.376. The molecule has 24 heavy (non-hydrogen) atoms. The zero-order valence-corrected chi connectivity index (χ0v) is 15.9. The van der Waals surface area contributed by atoms with Gasteiger partial charge in [0, 0.05) is 20.1 Å². The Morgan fingerprint density at radius 1 is 1.12 bits per heavy atom. The second-order valence-corrected chi connectivity index (χ2v) is 4.92. The number of phenolic OH excluding ortho intramolecular Hbond substituents is 1. The lowest BCUT2D eigenvalue weighted by atomic mass is 10.2. The molecule has 0 aromatic heterocycles. The van der Waals surface area contributed by atoms with Gasteiger partial charge in [0.25, 0.3) is 0 Å². The molecule has 2 aromatic rings. The monoisotopic (exact) mass is 445 g/mol. The van der Waals surface area contributed by atoms with Crippen LogP contribution in [0, 0.1) is 5.82 Å². The van der Waals surface area contributed by atoms with Gasteiger partial charge in [0.1, 0.15) is 5.75 Å². The van der Waals surface area contributed by atoms with Gasteiger partial charge in [-0.3, -0.25) is 4.99 Å². The van der Waals surface area contributed by atoms with Crippen molar-refractivity contribution < 1.29 is 14.2 Å². The second kappa shape index (κ2) is 9.96. The van der Waals surface area contributed by atoms with Crippen LogP contribution in [-0.2, 0) is 13.1 Å². The number of ether oxygens (including phenoxy) is 1. The molecule has 0 spiro atoms. The fraction of sp³-hybridized carbons (Fsp3) is 0.235. The van der Waals surface area contributed by atoms with Gasteiger partial charge in [-0.15, -0.1) is 24.0 Å². The number of benzene rings is 2. The highest BCUT2D eigenvalue weighted by molar-refractivity contribution is 14.0. The van der Waals surface area contributed by atoms with E-state index >= 15 is 0 Å². The molecule has 0 bridgehead atoms. The van der Waals surface area contributed by atoms with Gasteiger partial charge < -0.3 is 20.5 Å². The van der Waals surface area contributed by atoms with Gasteiger partial charge in [-0.05, 0) is 35.4 Å². The van der Waals surface area contributed by atoms with Gasteiger partial charge in [0.15, 0.2) is 17.5 Å². The van der Waals surface area contributed by atoms with Crippen molar-refractivity contribution in [1.82, 2.24) is 10.6 Å². The van der Waals surface area contributed by atoms with Crippen LogP contribution in [0.1, 0.15) is 11.1 Å². The molecule has 0 aliphatic rings. The van der Waals surface area contributed by atoms with Crippen LogP contribution in [0.3, 0.4) is 0 Å². The number of nitrogens with one attached hydrogen (secondary N) is 2. The molecule has 0 fully saturated rings. The van der Waals surface area contributed by atoms with Crippen LogP contribution < -0.4 is 15.4 Å².